The molecular weight excluding hydrogens is 400 g/mol. The van der Waals surface area contributed by atoms with E-state index in [9.17, 15) is 4.79 Å². The van der Waals surface area contributed by atoms with Crippen LogP contribution in [0.3, 0.4) is 0 Å². The molecule has 0 unspecified atom stereocenters. The molecule has 0 bridgehead atoms. The van der Waals surface area contributed by atoms with Crippen molar-refractivity contribution in [2.75, 3.05) is 45.9 Å². The van der Waals surface area contributed by atoms with Gasteiger partial charge in [0.2, 0.25) is 5.71 Å². The third-order valence-corrected chi connectivity index (χ3v) is 5.65. The second-order valence-electron chi connectivity index (χ2n) is 7.44. The van der Waals surface area contributed by atoms with Crippen molar-refractivity contribution in [3.05, 3.63) is 47.0 Å². The molecule has 8 nitrogen and oxygen atoms in total. The number of carboxylic acids is 1. The van der Waals surface area contributed by atoms with Gasteiger partial charge in [0, 0.05) is 36.5 Å². The molecule has 162 valence electrons. The van der Waals surface area contributed by atoms with Crippen molar-refractivity contribution < 1.29 is 34.3 Å². The molecule has 2 aromatic rings. The summed E-state index contributed by atoms with van der Waals surface area (Å²) in [5, 5.41) is 15.5. The maximum absolute atomic E-state index is 11.0. The number of anilines is 1. The van der Waals surface area contributed by atoms with Crippen molar-refractivity contribution in [1.29, 1.82) is 0 Å². The standard InChI is InChI=1S/C23H24N2O6/c1-28-18-9-21(30-3)20(29-2)7-13(18)6-14-12-31-19-8-16(4-5-17(19)22(14)24)25-10-15(11-25)23(26)27/h4-9,15,24H,10-12H2,1-3H3,(H,26,27)/p+1/b14-6-,24-22?. The van der Waals surface area contributed by atoms with Gasteiger partial charge in [-0.2, -0.15) is 0 Å². The average Bonchev–Trinajstić information content (AvgIpc) is 2.74. The minimum atomic E-state index is -0.761. The number of hydrogen-bond acceptors (Lipinski definition) is 6. The lowest BCUT2D eigenvalue weighted by Crippen LogP contribution is -2.50. The minimum Gasteiger partial charge on any atom is -0.496 e. The van der Waals surface area contributed by atoms with E-state index in [1.54, 1.807) is 27.4 Å². The number of nitrogens with two attached hydrogens (primary N) is 1. The summed E-state index contributed by atoms with van der Waals surface area (Å²) in [5.74, 6) is 1.40. The minimum absolute atomic E-state index is 0.303. The Balaban J connectivity index is 1.60. The van der Waals surface area contributed by atoms with Gasteiger partial charge >= 0.3 is 5.97 Å². The number of ether oxygens (including phenoxy) is 4. The largest absolute Gasteiger partial charge is 0.496 e. The summed E-state index contributed by atoms with van der Waals surface area (Å²) < 4.78 is 22.2. The molecule has 1 saturated heterocycles. The Morgan fingerprint density at radius 1 is 1.10 bits per heavy atom. The molecular formula is C23H25N2O6+. The fraction of sp³-hybridized carbons (Fsp3) is 0.304. The van der Waals surface area contributed by atoms with Gasteiger partial charge in [0.25, 0.3) is 0 Å². The van der Waals surface area contributed by atoms with Crippen molar-refractivity contribution in [2.24, 2.45) is 5.92 Å². The first-order chi connectivity index (χ1) is 14.9. The zero-order chi connectivity index (χ0) is 22.1. The van der Waals surface area contributed by atoms with Crippen LogP contribution in [0.2, 0.25) is 0 Å². The lowest BCUT2D eigenvalue weighted by atomic mass is 9.95. The SMILES string of the molecule is COc1cc(OC)c(OC)cc1/C=C1/COc2cc(N3CC(C(=O)O)C3)ccc2C1=[NH2+]. The second kappa shape index (κ2) is 8.22. The van der Waals surface area contributed by atoms with Crippen LogP contribution in [-0.4, -0.2) is 57.8 Å². The van der Waals surface area contributed by atoms with Gasteiger partial charge in [-0.05, 0) is 24.3 Å². The predicted molar refractivity (Wildman–Crippen MR) is 115 cm³/mol. The molecule has 0 aromatic heterocycles. The molecule has 0 spiro atoms. The molecule has 3 N–H and O–H groups in total. The van der Waals surface area contributed by atoms with Gasteiger partial charge in [0.05, 0.1) is 38.4 Å². The highest BCUT2D eigenvalue weighted by molar-refractivity contribution is 6.14. The van der Waals surface area contributed by atoms with E-state index in [2.05, 4.69) is 0 Å². The normalized spacial score (nSPS) is 16.9. The third-order valence-electron chi connectivity index (χ3n) is 5.65. The van der Waals surface area contributed by atoms with Crippen molar-refractivity contribution in [2.45, 2.75) is 0 Å². The highest BCUT2D eigenvalue weighted by atomic mass is 16.5. The Hall–Kier alpha value is -3.68. The summed E-state index contributed by atoms with van der Waals surface area (Å²) >= 11 is 0. The van der Waals surface area contributed by atoms with E-state index in [4.69, 9.17) is 29.5 Å². The van der Waals surface area contributed by atoms with Crippen LogP contribution in [0, 0.1) is 5.92 Å². The van der Waals surface area contributed by atoms with E-state index in [1.165, 1.54) is 0 Å². The molecule has 0 aliphatic carbocycles. The third kappa shape index (κ3) is 3.76. The highest BCUT2D eigenvalue weighted by Gasteiger charge is 2.34. The highest BCUT2D eigenvalue weighted by Crippen LogP contribution is 2.37. The van der Waals surface area contributed by atoms with Gasteiger partial charge in [-0.25, -0.2) is 0 Å². The van der Waals surface area contributed by atoms with Crippen LogP contribution >= 0.6 is 0 Å². The monoisotopic (exact) mass is 425 g/mol. The zero-order valence-electron chi connectivity index (χ0n) is 17.7. The Morgan fingerprint density at radius 2 is 1.77 bits per heavy atom. The summed E-state index contributed by atoms with van der Waals surface area (Å²) in [6.45, 7) is 1.30. The number of carboxylic acid groups (broad SMARTS) is 1. The lowest BCUT2D eigenvalue weighted by molar-refractivity contribution is -0.142. The summed E-state index contributed by atoms with van der Waals surface area (Å²) in [5.41, 5.74) is 3.97. The molecule has 1 fully saturated rings. The zero-order valence-corrected chi connectivity index (χ0v) is 17.7. The van der Waals surface area contributed by atoms with Gasteiger partial charge in [-0.15, -0.1) is 0 Å². The van der Waals surface area contributed by atoms with E-state index in [1.807, 2.05) is 35.2 Å². The van der Waals surface area contributed by atoms with E-state index in [0.29, 0.717) is 48.4 Å². The summed E-state index contributed by atoms with van der Waals surface area (Å²) in [7, 11) is 4.74. The van der Waals surface area contributed by atoms with Gasteiger partial charge in [0.1, 0.15) is 18.1 Å². The van der Waals surface area contributed by atoms with Gasteiger partial charge in [-0.3, -0.25) is 10.2 Å². The molecule has 4 rings (SSSR count). The number of aliphatic carboxylic acids is 1. The molecule has 0 radical (unpaired) electrons. The molecule has 2 heterocycles. The fourth-order valence-electron chi connectivity index (χ4n) is 3.77. The first-order valence-electron chi connectivity index (χ1n) is 9.83. The predicted octanol–water partition coefficient (Wildman–Crippen LogP) is 1.26. The molecule has 2 aromatic carbocycles. The maximum Gasteiger partial charge on any atom is 0.310 e. The van der Waals surface area contributed by atoms with E-state index in [-0.39, 0.29) is 5.92 Å². The van der Waals surface area contributed by atoms with E-state index >= 15 is 0 Å². The average molecular weight is 425 g/mol. The van der Waals surface area contributed by atoms with Crippen LogP contribution in [0.4, 0.5) is 5.69 Å². The number of rotatable bonds is 6. The summed E-state index contributed by atoms with van der Waals surface area (Å²) in [6.07, 6.45) is 1.92. The fourth-order valence-corrected chi connectivity index (χ4v) is 3.77. The Labute approximate surface area is 180 Å². The molecule has 0 saturated carbocycles. The molecule has 0 amide bonds. The quantitative estimate of drug-likeness (QED) is 0.718. The number of hydrogen-bond donors (Lipinski definition) is 2. The van der Waals surface area contributed by atoms with Crippen LogP contribution in [0.1, 0.15) is 11.1 Å². The summed E-state index contributed by atoms with van der Waals surface area (Å²) in [6, 6.07) is 9.36. The van der Waals surface area contributed by atoms with E-state index < -0.39 is 5.97 Å². The number of methoxy groups -OCH3 is 3. The van der Waals surface area contributed by atoms with Crippen LogP contribution in [-0.2, 0) is 4.79 Å². The molecule has 2 aliphatic heterocycles. The van der Waals surface area contributed by atoms with Crippen LogP contribution < -0.4 is 29.3 Å². The number of nitrogens with zero attached hydrogens (tertiary/aromatic N) is 1. The second-order valence-corrected chi connectivity index (χ2v) is 7.44. The Kier molecular flexibility index (Phi) is 5.46. The Morgan fingerprint density at radius 3 is 2.42 bits per heavy atom. The molecule has 0 atom stereocenters. The van der Waals surface area contributed by atoms with Crippen molar-refractivity contribution in [3.63, 3.8) is 0 Å². The smallest absolute Gasteiger partial charge is 0.310 e. The van der Waals surface area contributed by atoms with Gasteiger partial charge in [0.15, 0.2) is 11.5 Å². The number of benzene rings is 2. The summed E-state index contributed by atoms with van der Waals surface area (Å²) in [4.78, 5) is 13.1. The molecule has 2 aliphatic rings. The van der Waals surface area contributed by atoms with Crippen LogP contribution in [0.25, 0.3) is 6.08 Å². The van der Waals surface area contributed by atoms with Crippen LogP contribution in [0.5, 0.6) is 23.0 Å². The Bertz CT molecular complexity index is 1070. The van der Waals surface area contributed by atoms with Gasteiger partial charge < -0.3 is 29.0 Å². The number of fused-ring (bicyclic) bond motifs is 1. The van der Waals surface area contributed by atoms with Crippen LogP contribution in [0.15, 0.2) is 35.9 Å². The lowest BCUT2D eigenvalue weighted by Gasteiger charge is -2.39. The molecule has 8 heteroatoms. The van der Waals surface area contributed by atoms with Crippen molar-refractivity contribution in [1.82, 2.24) is 0 Å². The van der Waals surface area contributed by atoms with Crippen molar-refractivity contribution in [3.8, 4) is 23.0 Å². The topological polar surface area (TPSA) is 103 Å². The first kappa shape index (κ1) is 20.6. The molecule has 31 heavy (non-hydrogen) atoms. The first-order valence-corrected chi connectivity index (χ1v) is 9.83. The van der Waals surface area contributed by atoms with E-state index in [0.717, 1.165) is 22.4 Å². The van der Waals surface area contributed by atoms with Crippen molar-refractivity contribution >= 4 is 23.4 Å². The van der Waals surface area contributed by atoms with Gasteiger partial charge in [-0.1, -0.05) is 0 Å². The number of carbonyl (C=O) groups is 1. The maximum atomic E-state index is 11.0.